The van der Waals surface area contributed by atoms with Crippen molar-refractivity contribution in [1.82, 2.24) is 15.2 Å². The van der Waals surface area contributed by atoms with E-state index in [4.69, 9.17) is 12.2 Å². The number of anilines is 1. The number of halogens is 1. The van der Waals surface area contributed by atoms with Gasteiger partial charge < -0.3 is 15.5 Å². The van der Waals surface area contributed by atoms with Crippen molar-refractivity contribution in [2.75, 3.05) is 18.4 Å². The van der Waals surface area contributed by atoms with Crippen LogP contribution < -0.4 is 10.6 Å². The van der Waals surface area contributed by atoms with E-state index in [2.05, 4.69) is 15.6 Å². The van der Waals surface area contributed by atoms with Crippen molar-refractivity contribution in [3.63, 3.8) is 0 Å². The van der Waals surface area contributed by atoms with Crippen LogP contribution in [0.5, 0.6) is 0 Å². The van der Waals surface area contributed by atoms with E-state index in [1.807, 2.05) is 29.2 Å². The molecule has 33 heavy (non-hydrogen) atoms. The average Bonchev–Trinajstić information content (AvgIpc) is 3.30. The van der Waals surface area contributed by atoms with Crippen molar-refractivity contribution in [3.05, 3.63) is 70.4 Å². The van der Waals surface area contributed by atoms with Gasteiger partial charge in [-0.1, -0.05) is 30.3 Å². The maximum absolute atomic E-state index is 13.3. The van der Waals surface area contributed by atoms with E-state index < -0.39 is 0 Å². The quantitative estimate of drug-likeness (QED) is 0.523. The fraction of sp³-hybridized carbons (Fsp3) is 0.250. The van der Waals surface area contributed by atoms with E-state index >= 15 is 0 Å². The van der Waals surface area contributed by atoms with Gasteiger partial charge >= 0.3 is 0 Å². The first-order valence-corrected chi connectivity index (χ1v) is 11.9. The summed E-state index contributed by atoms with van der Waals surface area (Å²) in [6.07, 6.45) is 1.70. The number of hydrogen-bond donors (Lipinski definition) is 2. The molecule has 3 aromatic rings. The first-order chi connectivity index (χ1) is 15.9. The molecule has 4 rings (SSSR count). The Kier molecular flexibility index (Phi) is 7.10. The maximum atomic E-state index is 13.3. The van der Waals surface area contributed by atoms with E-state index in [0.717, 1.165) is 42.1 Å². The number of hydrogen-bond acceptors (Lipinski definition) is 5. The molecule has 2 heterocycles. The lowest BCUT2D eigenvalue weighted by Gasteiger charge is -2.32. The van der Waals surface area contributed by atoms with Crippen molar-refractivity contribution in [2.24, 2.45) is 0 Å². The fourth-order valence-corrected chi connectivity index (χ4v) is 5.10. The molecule has 1 aliphatic heterocycles. The lowest BCUT2D eigenvalue weighted by Crippen LogP contribution is -2.45. The molecule has 1 aromatic heterocycles. The summed E-state index contributed by atoms with van der Waals surface area (Å²) >= 11 is 6.75. The Morgan fingerprint density at radius 3 is 2.52 bits per heavy atom. The second kappa shape index (κ2) is 10.2. The summed E-state index contributed by atoms with van der Waals surface area (Å²) in [6, 6.07) is 13.6. The van der Waals surface area contributed by atoms with Crippen LogP contribution in [-0.2, 0) is 4.79 Å². The van der Waals surface area contributed by atoms with Crippen molar-refractivity contribution in [1.29, 1.82) is 0 Å². The first-order valence-electron chi connectivity index (χ1n) is 10.6. The minimum absolute atomic E-state index is 0.168. The SMILES string of the molecule is CC(=O)NC(=S)N1CCC(c2nc(C(=O)Nc3ccccc3-c3ccc(F)cc3)cs2)CC1. The molecule has 0 spiro atoms. The predicted molar refractivity (Wildman–Crippen MR) is 132 cm³/mol. The van der Waals surface area contributed by atoms with Crippen LogP contribution in [0.2, 0.25) is 0 Å². The van der Waals surface area contributed by atoms with Crippen LogP contribution in [0.3, 0.4) is 0 Å². The van der Waals surface area contributed by atoms with Gasteiger partial charge in [0.25, 0.3) is 5.91 Å². The summed E-state index contributed by atoms with van der Waals surface area (Å²) in [4.78, 5) is 30.7. The number of piperidine rings is 1. The third-order valence-electron chi connectivity index (χ3n) is 5.50. The van der Waals surface area contributed by atoms with Crippen LogP contribution >= 0.6 is 23.6 Å². The van der Waals surface area contributed by atoms with Crippen LogP contribution in [0.4, 0.5) is 10.1 Å². The maximum Gasteiger partial charge on any atom is 0.275 e. The van der Waals surface area contributed by atoms with Crippen molar-refractivity contribution in [3.8, 4) is 11.1 Å². The number of thiazole rings is 1. The Bertz CT molecular complexity index is 1170. The van der Waals surface area contributed by atoms with Crippen molar-refractivity contribution < 1.29 is 14.0 Å². The second-order valence-electron chi connectivity index (χ2n) is 7.83. The van der Waals surface area contributed by atoms with Crippen LogP contribution in [0.15, 0.2) is 53.9 Å². The van der Waals surface area contributed by atoms with Gasteiger partial charge in [-0.25, -0.2) is 9.37 Å². The number of likely N-dealkylation sites (tertiary alicyclic amines) is 1. The first kappa shape index (κ1) is 23.0. The summed E-state index contributed by atoms with van der Waals surface area (Å²) in [7, 11) is 0. The van der Waals surface area contributed by atoms with Gasteiger partial charge in [0.1, 0.15) is 11.5 Å². The third kappa shape index (κ3) is 5.61. The minimum atomic E-state index is -0.307. The van der Waals surface area contributed by atoms with Gasteiger partial charge in [0.15, 0.2) is 5.11 Å². The van der Waals surface area contributed by atoms with E-state index in [9.17, 15) is 14.0 Å². The molecule has 2 N–H and O–H groups in total. The number of carbonyl (C=O) groups excluding carboxylic acids is 2. The highest BCUT2D eigenvalue weighted by Gasteiger charge is 2.25. The van der Waals surface area contributed by atoms with E-state index in [-0.39, 0.29) is 23.5 Å². The molecule has 9 heteroatoms. The number of nitrogens with one attached hydrogen (secondary N) is 2. The topological polar surface area (TPSA) is 74.3 Å². The van der Waals surface area contributed by atoms with Crippen LogP contribution in [0.1, 0.15) is 41.2 Å². The summed E-state index contributed by atoms with van der Waals surface area (Å²) in [5, 5.41) is 8.77. The molecule has 2 amide bonds. The lowest BCUT2D eigenvalue weighted by molar-refractivity contribution is -0.117. The highest BCUT2D eigenvalue weighted by atomic mass is 32.1. The summed E-state index contributed by atoms with van der Waals surface area (Å²) in [5.41, 5.74) is 2.64. The third-order valence-corrected chi connectivity index (χ3v) is 6.87. The molecule has 1 fully saturated rings. The predicted octanol–water partition coefficient (Wildman–Crippen LogP) is 4.80. The molecule has 170 valence electrons. The second-order valence-corrected chi connectivity index (χ2v) is 9.10. The number of nitrogens with zero attached hydrogens (tertiary/aromatic N) is 2. The van der Waals surface area contributed by atoms with Crippen LogP contribution in [-0.4, -0.2) is 39.9 Å². The zero-order valence-corrected chi connectivity index (χ0v) is 19.6. The van der Waals surface area contributed by atoms with Crippen LogP contribution in [0, 0.1) is 5.82 Å². The zero-order valence-electron chi connectivity index (χ0n) is 18.0. The highest BCUT2D eigenvalue weighted by Crippen LogP contribution is 2.32. The van der Waals surface area contributed by atoms with Crippen LogP contribution in [0.25, 0.3) is 11.1 Å². The Morgan fingerprint density at radius 1 is 1.12 bits per heavy atom. The van der Waals surface area contributed by atoms with Gasteiger partial charge in [-0.2, -0.15) is 0 Å². The molecule has 0 atom stereocenters. The lowest BCUT2D eigenvalue weighted by atomic mass is 9.98. The number of amides is 2. The minimum Gasteiger partial charge on any atom is -0.349 e. The van der Waals surface area contributed by atoms with Gasteiger partial charge in [-0.05, 0) is 48.8 Å². The molecule has 6 nitrogen and oxygen atoms in total. The molecule has 2 aromatic carbocycles. The number of carbonyl (C=O) groups is 2. The average molecular weight is 483 g/mol. The largest absolute Gasteiger partial charge is 0.349 e. The van der Waals surface area contributed by atoms with E-state index in [0.29, 0.717) is 16.5 Å². The molecular weight excluding hydrogens is 459 g/mol. The molecule has 0 aliphatic carbocycles. The number of rotatable bonds is 4. The molecule has 0 radical (unpaired) electrons. The molecule has 0 bridgehead atoms. The Hall–Kier alpha value is -3.17. The summed E-state index contributed by atoms with van der Waals surface area (Å²) < 4.78 is 13.3. The Balaban J connectivity index is 1.41. The number of thiocarbonyl (C=S) groups is 1. The monoisotopic (exact) mass is 482 g/mol. The molecular formula is C24H23FN4O2S2. The van der Waals surface area contributed by atoms with Gasteiger partial charge in [0, 0.05) is 42.6 Å². The smallest absolute Gasteiger partial charge is 0.275 e. The zero-order chi connectivity index (χ0) is 23.4. The number of benzene rings is 2. The standard InChI is InChI=1S/C24H23FN4O2S2/c1-15(30)26-24(32)29-12-10-17(11-13-29)23-28-21(14-33-23)22(31)27-20-5-3-2-4-19(20)16-6-8-18(25)9-7-16/h2-9,14,17H,10-13H2,1H3,(H,27,31)(H,26,30,32). The van der Waals surface area contributed by atoms with Crippen molar-refractivity contribution >= 4 is 46.2 Å². The summed E-state index contributed by atoms with van der Waals surface area (Å²) in [5.74, 6) is -0.507. The molecule has 0 saturated carbocycles. The summed E-state index contributed by atoms with van der Waals surface area (Å²) in [6.45, 7) is 2.91. The number of para-hydroxylation sites is 1. The van der Waals surface area contributed by atoms with Crippen molar-refractivity contribution in [2.45, 2.75) is 25.7 Å². The molecule has 1 saturated heterocycles. The van der Waals surface area contributed by atoms with Gasteiger partial charge in [-0.3, -0.25) is 9.59 Å². The fourth-order valence-electron chi connectivity index (χ4n) is 3.80. The number of aromatic nitrogens is 1. The Labute approximate surface area is 200 Å². The Morgan fingerprint density at radius 2 is 1.82 bits per heavy atom. The normalized spacial score (nSPS) is 14.1. The van der Waals surface area contributed by atoms with Gasteiger partial charge in [-0.15, -0.1) is 11.3 Å². The van der Waals surface area contributed by atoms with Gasteiger partial charge in [0.05, 0.1) is 5.01 Å². The highest BCUT2D eigenvalue weighted by molar-refractivity contribution is 7.80. The van der Waals surface area contributed by atoms with E-state index in [1.54, 1.807) is 17.5 Å². The molecule has 0 unspecified atom stereocenters. The molecule has 1 aliphatic rings. The van der Waals surface area contributed by atoms with Gasteiger partial charge in [0.2, 0.25) is 5.91 Å². The van der Waals surface area contributed by atoms with E-state index in [1.165, 1.54) is 30.4 Å².